The molecule has 0 spiro atoms. The summed E-state index contributed by atoms with van der Waals surface area (Å²) < 4.78 is 102. The molecule has 4 N–H and O–H groups in total. The molecule has 17 nitrogen and oxygen atoms in total. The zero-order valence-corrected chi connectivity index (χ0v) is 37.7. The lowest BCUT2D eigenvalue weighted by molar-refractivity contribution is -0.437. The number of rotatable bonds is 18. The van der Waals surface area contributed by atoms with Crippen molar-refractivity contribution in [3.8, 4) is 11.4 Å². The van der Waals surface area contributed by atoms with Gasteiger partial charge in [0.25, 0.3) is 30.4 Å². The van der Waals surface area contributed by atoms with Crippen molar-refractivity contribution in [2.45, 2.75) is 87.0 Å². The molecule has 1 amide bonds. The molecular formula is C43H50N7O10S3+. The Hall–Kier alpha value is -5.51. The summed E-state index contributed by atoms with van der Waals surface area (Å²) in [4.78, 5) is 14.4. The van der Waals surface area contributed by atoms with Crippen molar-refractivity contribution in [1.82, 2.24) is 25.7 Å². The summed E-state index contributed by atoms with van der Waals surface area (Å²) in [7, 11) is -13.2. The quantitative estimate of drug-likeness (QED) is 0.0401. The maximum absolute atomic E-state index is 12.7. The van der Waals surface area contributed by atoms with Crippen LogP contribution in [0.3, 0.4) is 0 Å². The van der Waals surface area contributed by atoms with Crippen LogP contribution in [0.25, 0.3) is 11.4 Å². The third-order valence-corrected chi connectivity index (χ3v) is 13.7. The highest BCUT2D eigenvalue weighted by Gasteiger charge is 2.45. The molecule has 0 unspecified atom stereocenters. The number of nitrogens with zero attached hydrogens (tertiary/aromatic N) is 6. The number of hydrogen-bond acceptors (Lipinski definition) is 12. The normalized spacial score (nSPS) is 16.6. The maximum atomic E-state index is 12.7. The average molecular weight is 921 g/mol. The average Bonchev–Trinajstić information content (AvgIpc) is 3.56. The molecule has 0 radical (unpaired) electrons. The van der Waals surface area contributed by atoms with Crippen LogP contribution in [-0.4, -0.2) is 94.3 Å². The van der Waals surface area contributed by atoms with Gasteiger partial charge >= 0.3 is 0 Å². The standard InChI is InChI=1S/C43H49N7O10S3/c1-42(2)34-26-32(62(55,56)57)19-21-36(34)49(23-10-6-9-14-40(51)44-28-30-15-17-31(18-16-30)41-47-45-29-46-48-41)38(42)12-7-5-8-13-39-43(3,4)35-27-33(63(58,59)60)20-22-37(35)50(39)24-11-25-61(52,53)54/h5,7-8,12-13,15-22,26-27,29H,6,9-11,14,23-25,28H2,1-4H3,(H3-,44,51,52,53,54,55,56,57,58,59,60)/p+1. The van der Waals surface area contributed by atoms with Crippen molar-refractivity contribution >= 4 is 53.3 Å². The van der Waals surface area contributed by atoms with Gasteiger partial charge in [-0.3, -0.25) is 18.5 Å². The molecular weight excluding hydrogens is 871 g/mol. The minimum Gasteiger partial charge on any atom is -0.352 e. The minimum absolute atomic E-state index is 0.0739. The summed E-state index contributed by atoms with van der Waals surface area (Å²) in [5.41, 5.74) is 4.59. The Morgan fingerprint density at radius 3 is 2.06 bits per heavy atom. The van der Waals surface area contributed by atoms with Crippen LogP contribution in [0, 0.1) is 0 Å². The number of benzene rings is 3. The monoisotopic (exact) mass is 920 g/mol. The first kappa shape index (κ1) is 47.0. The second-order valence-electron chi connectivity index (χ2n) is 16.3. The third-order valence-electron chi connectivity index (χ3n) is 11.2. The molecule has 0 bridgehead atoms. The van der Waals surface area contributed by atoms with Gasteiger partial charge in [0, 0.05) is 66.0 Å². The zero-order chi connectivity index (χ0) is 45.8. The molecule has 20 heteroatoms. The summed E-state index contributed by atoms with van der Waals surface area (Å²) in [5.74, 6) is -0.135. The van der Waals surface area contributed by atoms with Gasteiger partial charge in [-0.2, -0.15) is 29.8 Å². The molecule has 0 saturated carbocycles. The van der Waals surface area contributed by atoms with E-state index in [1.807, 2.05) is 74.8 Å². The Bertz CT molecular complexity index is 2840. The number of aromatic nitrogens is 4. The molecule has 63 heavy (non-hydrogen) atoms. The lowest BCUT2D eigenvalue weighted by Gasteiger charge is -2.27. The first-order valence-electron chi connectivity index (χ1n) is 20.1. The molecule has 4 aromatic rings. The van der Waals surface area contributed by atoms with Crippen LogP contribution in [0.15, 0.2) is 113 Å². The third kappa shape index (κ3) is 11.2. The van der Waals surface area contributed by atoms with Gasteiger partial charge in [-0.25, -0.2) is 0 Å². The van der Waals surface area contributed by atoms with Gasteiger partial charge in [0.2, 0.25) is 17.4 Å². The number of anilines is 1. The SMILES string of the molecule is CC1(C)C(/C=C/C=C/C=C2\N(CCCCCC(=O)NCc3ccc(-c4nncnn4)cc3)c3ccc(S(=O)(=O)O)cc3C2(C)C)=[N+](CCCS(=O)(=O)O)c2ccc(S(=O)(=O)O)cc21. The van der Waals surface area contributed by atoms with Gasteiger partial charge in [-0.05, 0) is 74.2 Å². The molecule has 3 heterocycles. The van der Waals surface area contributed by atoms with E-state index < -0.39 is 46.9 Å². The Labute approximate surface area is 367 Å². The highest BCUT2D eigenvalue weighted by atomic mass is 32.2. The van der Waals surface area contributed by atoms with Crippen LogP contribution < -0.4 is 10.2 Å². The molecule has 1 aromatic heterocycles. The van der Waals surface area contributed by atoms with Crippen LogP contribution in [0.4, 0.5) is 11.4 Å². The van der Waals surface area contributed by atoms with Crippen molar-refractivity contribution in [2.24, 2.45) is 0 Å². The predicted molar refractivity (Wildman–Crippen MR) is 236 cm³/mol. The van der Waals surface area contributed by atoms with E-state index in [-0.39, 0.29) is 28.7 Å². The fourth-order valence-electron chi connectivity index (χ4n) is 7.99. The number of carbonyl (C=O) groups is 1. The molecule has 334 valence electrons. The summed E-state index contributed by atoms with van der Waals surface area (Å²) >= 11 is 0. The van der Waals surface area contributed by atoms with Crippen LogP contribution >= 0.6 is 0 Å². The van der Waals surface area contributed by atoms with E-state index in [1.165, 1.54) is 30.6 Å². The lowest BCUT2D eigenvalue weighted by Crippen LogP contribution is -2.28. The first-order chi connectivity index (χ1) is 29.6. The van der Waals surface area contributed by atoms with Crippen molar-refractivity contribution in [3.63, 3.8) is 0 Å². The van der Waals surface area contributed by atoms with Crippen LogP contribution in [-0.2, 0) is 52.5 Å². The van der Waals surface area contributed by atoms with Gasteiger partial charge in [0.15, 0.2) is 12.0 Å². The minimum atomic E-state index is -4.50. The van der Waals surface area contributed by atoms with E-state index in [4.69, 9.17) is 0 Å². The fraction of sp³-hybridized carbons (Fsp3) is 0.349. The summed E-state index contributed by atoms with van der Waals surface area (Å²) in [6.07, 6.45) is 13.0. The summed E-state index contributed by atoms with van der Waals surface area (Å²) in [6, 6.07) is 16.2. The smallest absolute Gasteiger partial charge is 0.294 e. The Morgan fingerprint density at radius 2 is 1.41 bits per heavy atom. The Kier molecular flexibility index (Phi) is 13.9. The second-order valence-corrected chi connectivity index (χ2v) is 20.8. The van der Waals surface area contributed by atoms with E-state index in [0.29, 0.717) is 43.0 Å². The lowest BCUT2D eigenvalue weighted by atomic mass is 9.81. The van der Waals surface area contributed by atoms with Crippen LogP contribution in [0.5, 0.6) is 0 Å². The molecule has 0 saturated heterocycles. The summed E-state index contributed by atoms with van der Waals surface area (Å²) in [5, 5.41) is 18.3. The van der Waals surface area contributed by atoms with Crippen LogP contribution in [0.1, 0.15) is 76.5 Å². The van der Waals surface area contributed by atoms with E-state index in [9.17, 15) is 43.7 Å². The van der Waals surface area contributed by atoms with Gasteiger partial charge in [0.1, 0.15) is 6.54 Å². The molecule has 6 rings (SSSR count). The molecule has 3 aromatic carbocycles. The van der Waals surface area contributed by atoms with Crippen molar-refractivity contribution < 1.29 is 48.3 Å². The number of hydrogen-bond donors (Lipinski definition) is 4. The fourth-order valence-corrected chi connectivity index (χ4v) is 9.49. The van der Waals surface area contributed by atoms with Crippen molar-refractivity contribution in [2.75, 3.05) is 23.7 Å². The van der Waals surface area contributed by atoms with E-state index in [1.54, 1.807) is 24.3 Å². The highest BCUT2D eigenvalue weighted by Crippen LogP contribution is 2.48. The van der Waals surface area contributed by atoms with E-state index in [0.717, 1.165) is 46.6 Å². The molecule has 0 aliphatic carbocycles. The molecule has 2 aliphatic heterocycles. The number of fused-ring (bicyclic) bond motifs is 2. The number of unbranched alkanes of at least 4 members (excludes halogenated alkanes) is 2. The largest absolute Gasteiger partial charge is 0.352 e. The molecule has 0 atom stereocenters. The summed E-state index contributed by atoms with van der Waals surface area (Å²) in [6.45, 7) is 8.84. The Balaban J connectivity index is 1.15. The highest BCUT2D eigenvalue weighted by molar-refractivity contribution is 7.86. The Morgan fingerprint density at radius 1 is 0.762 bits per heavy atom. The van der Waals surface area contributed by atoms with E-state index in [2.05, 4.69) is 30.6 Å². The van der Waals surface area contributed by atoms with Crippen LogP contribution in [0.2, 0.25) is 0 Å². The topological polar surface area (TPSA) is 250 Å². The van der Waals surface area contributed by atoms with Crippen molar-refractivity contribution in [3.05, 3.63) is 120 Å². The van der Waals surface area contributed by atoms with Crippen molar-refractivity contribution in [1.29, 1.82) is 0 Å². The second kappa shape index (κ2) is 18.7. The predicted octanol–water partition coefficient (Wildman–Crippen LogP) is 5.75. The van der Waals surface area contributed by atoms with Gasteiger partial charge < -0.3 is 10.2 Å². The molecule has 0 fully saturated rings. The maximum Gasteiger partial charge on any atom is 0.294 e. The number of amides is 1. The molecule has 2 aliphatic rings. The van der Waals surface area contributed by atoms with E-state index >= 15 is 0 Å². The van der Waals surface area contributed by atoms with Gasteiger partial charge in [0.05, 0.1) is 21.0 Å². The first-order valence-corrected chi connectivity index (χ1v) is 24.6. The number of nitrogens with one attached hydrogen (secondary N) is 1. The van der Waals surface area contributed by atoms with Gasteiger partial charge in [-0.1, -0.05) is 62.8 Å². The number of carbonyl (C=O) groups excluding carboxylic acids is 1. The number of allylic oxidation sites excluding steroid dienone is 6. The van der Waals surface area contributed by atoms with Gasteiger partial charge in [-0.15, -0.1) is 20.4 Å². The zero-order valence-electron chi connectivity index (χ0n) is 35.2.